The lowest BCUT2D eigenvalue weighted by molar-refractivity contribution is 0.103. The van der Waals surface area contributed by atoms with Crippen molar-refractivity contribution >= 4 is 14.6 Å². The van der Waals surface area contributed by atoms with E-state index >= 15 is 0 Å². The number of hydrogen-bond donors (Lipinski definition) is 2. The number of carbonyl (C=O) groups is 1. The summed E-state index contributed by atoms with van der Waals surface area (Å²) in [5, 5.41) is 10.1. The molecule has 7 heteroatoms. The summed E-state index contributed by atoms with van der Waals surface area (Å²) in [7, 11) is -0.254. The van der Waals surface area contributed by atoms with Crippen LogP contribution in [0.2, 0.25) is 6.04 Å². The third-order valence-electron chi connectivity index (χ3n) is 3.79. The second-order valence-corrected chi connectivity index (χ2v) is 8.19. The van der Waals surface area contributed by atoms with Crippen molar-refractivity contribution < 1.29 is 28.3 Å². The molecular weight excluding hydrogens is 340 g/mol. The van der Waals surface area contributed by atoms with Crippen molar-refractivity contribution in [1.29, 1.82) is 0 Å². The second kappa shape index (κ2) is 8.77. The summed E-state index contributed by atoms with van der Waals surface area (Å²) in [4.78, 5) is 22.3. The molecule has 2 N–H and O–H groups in total. The first-order valence-electron chi connectivity index (χ1n) is 7.87. The Morgan fingerprint density at radius 2 is 1.76 bits per heavy atom. The van der Waals surface area contributed by atoms with Crippen LogP contribution in [0, 0.1) is 0 Å². The Labute approximate surface area is 148 Å². The molecule has 6 nitrogen and oxygen atoms in total. The van der Waals surface area contributed by atoms with Gasteiger partial charge in [0.05, 0.1) is 12.2 Å². The van der Waals surface area contributed by atoms with Crippen molar-refractivity contribution in [3.63, 3.8) is 0 Å². The highest BCUT2D eigenvalue weighted by atomic mass is 28.4. The molecular formula is C18H22O6Si. The Bertz CT molecular complexity index is 700. The zero-order valence-electron chi connectivity index (χ0n) is 14.3. The van der Waals surface area contributed by atoms with E-state index in [2.05, 4.69) is 0 Å². The normalized spacial score (nSPS) is 11.3. The van der Waals surface area contributed by atoms with Crippen molar-refractivity contribution in [3.05, 3.63) is 59.7 Å². The van der Waals surface area contributed by atoms with Crippen LogP contribution in [-0.4, -0.2) is 45.3 Å². The lowest BCUT2D eigenvalue weighted by Gasteiger charge is -2.19. The van der Waals surface area contributed by atoms with Gasteiger partial charge in [-0.1, -0.05) is 30.3 Å². The number of carbonyl (C=O) groups excluding carboxylic acids is 1. The maximum atomic E-state index is 12.4. The number of ether oxygens (including phenoxy) is 1. The van der Waals surface area contributed by atoms with Crippen LogP contribution in [0.4, 0.5) is 0 Å². The first-order valence-corrected chi connectivity index (χ1v) is 9.84. The van der Waals surface area contributed by atoms with Gasteiger partial charge in [0.2, 0.25) is 0 Å². The average molecular weight is 362 g/mol. The van der Waals surface area contributed by atoms with E-state index in [0.29, 0.717) is 30.4 Å². The Morgan fingerprint density at radius 3 is 2.36 bits per heavy atom. The molecule has 0 aromatic heterocycles. The van der Waals surface area contributed by atoms with Gasteiger partial charge in [0.15, 0.2) is 5.78 Å². The highest BCUT2D eigenvalue weighted by Gasteiger charge is 2.33. The van der Waals surface area contributed by atoms with Crippen molar-refractivity contribution in [2.24, 2.45) is 0 Å². The number of ketones is 1. The summed E-state index contributed by atoms with van der Waals surface area (Å²) in [6.45, 7) is 0.327. The molecule has 2 aromatic rings. The maximum absolute atomic E-state index is 12.4. The lowest BCUT2D eigenvalue weighted by Crippen LogP contribution is -2.40. The summed E-state index contributed by atoms with van der Waals surface area (Å²) in [6, 6.07) is 13.7. The SMILES string of the molecule is CO[Si](O)(CCCOc1ccc(C(=O)c2ccccc2)c(O)c1)OC. The molecule has 0 saturated carbocycles. The van der Waals surface area contributed by atoms with Gasteiger partial charge in [-0.25, -0.2) is 0 Å². The second-order valence-electron chi connectivity index (χ2n) is 5.45. The molecule has 0 saturated heterocycles. The molecule has 0 aliphatic heterocycles. The van der Waals surface area contributed by atoms with Gasteiger partial charge in [-0.15, -0.1) is 0 Å². The van der Waals surface area contributed by atoms with Crippen LogP contribution in [-0.2, 0) is 8.85 Å². The summed E-state index contributed by atoms with van der Waals surface area (Å²) in [5.41, 5.74) is 0.731. The Balaban J connectivity index is 1.95. The quantitative estimate of drug-likeness (QED) is 0.405. The van der Waals surface area contributed by atoms with Crippen LogP contribution in [0.1, 0.15) is 22.3 Å². The van der Waals surface area contributed by atoms with Crippen LogP contribution < -0.4 is 4.74 Å². The average Bonchev–Trinajstić information content (AvgIpc) is 2.65. The van der Waals surface area contributed by atoms with Crippen LogP contribution in [0.25, 0.3) is 0 Å². The predicted molar refractivity (Wildman–Crippen MR) is 94.9 cm³/mol. The van der Waals surface area contributed by atoms with Crippen molar-refractivity contribution in [1.82, 2.24) is 0 Å². The monoisotopic (exact) mass is 362 g/mol. The Morgan fingerprint density at radius 1 is 1.08 bits per heavy atom. The lowest BCUT2D eigenvalue weighted by atomic mass is 10.0. The number of phenolic OH excluding ortho intramolecular Hbond substituents is 1. The van der Waals surface area contributed by atoms with E-state index in [1.165, 1.54) is 26.4 Å². The minimum Gasteiger partial charge on any atom is -0.507 e. The van der Waals surface area contributed by atoms with Crippen molar-refractivity contribution in [2.45, 2.75) is 12.5 Å². The third kappa shape index (κ3) is 5.14. The number of hydrogen-bond acceptors (Lipinski definition) is 6. The minimum atomic E-state index is -3.08. The van der Waals surface area contributed by atoms with E-state index in [4.69, 9.17) is 13.6 Å². The summed E-state index contributed by atoms with van der Waals surface area (Å²) < 4.78 is 15.5. The zero-order valence-corrected chi connectivity index (χ0v) is 15.3. The number of rotatable bonds is 9. The van der Waals surface area contributed by atoms with E-state index in [9.17, 15) is 14.7 Å². The Kier molecular flexibility index (Phi) is 6.71. The molecule has 2 aromatic carbocycles. The highest BCUT2D eigenvalue weighted by Crippen LogP contribution is 2.26. The third-order valence-corrected chi connectivity index (χ3v) is 6.05. The van der Waals surface area contributed by atoms with E-state index in [0.717, 1.165) is 0 Å². The summed E-state index contributed by atoms with van der Waals surface area (Å²) >= 11 is 0. The molecule has 2 rings (SSSR count). The Hall–Kier alpha value is -2.19. The maximum Gasteiger partial charge on any atom is 0.497 e. The van der Waals surface area contributed by atoms with Gasteiger partial charge >= 0.3 is 8.80 Å². The molecule has 0 radical (unpaired) electrons. The molecule has 0 aliphatic rings. The standard InChI is InChI=1S/C18H22O6Si/c1-22-25(21,23-2)12-6-11-24-15-9-10-16(17(19)13-15)18(20)14-7-4-3-5-8-14/h3-5,7-10,13,19,21H,6,11-12H2,1-2H3. The molecule has 0 unspecified atom stereocenters. The number of phenols is 1. The minimum absolute atomic E-state index is 0.133. The van der Waals surface area contributed by atoms with E-state index in [-0.39, 0.29) is 17.1 Å². The van der Waals surface area contributed by atoms with Gasteiger partial charge in [0.1, 0.15) is 11.5 Å². The predicted octanol–water partition coefficient (Wildman–Crippen LogP) is 2.62. The van der Waals surface area contributed by atoms with Gasteiger partial charge in [0, 0.05) is 31.9 Å². The topological polar surface area (TPSA) is 85.2 Å². The molecule has 0 fully saturated rings. The van der Waals surface area contributed by atoms with Gasteiger partial charge in [0.25, 0.3) is 0 Å². The number of benzene rings is 2. The van der Waals surface area contributed by atoms with Gasteiger partial charge in [-0.2, -0.15) is 0 Å². The molecule has 25 heavy (non-hydrogen) atoms. The fourth-order valence-electron chi connectivity index (χ4n) is 2.31. The molecule has 0 bridgehead atoms. The summed E-state index contributed by atoms with van der Waals surface area (Å²) in [5.74, 6) is 0.0640. The highest BCUT2D eigenvalue weighted by molar-refractivity contribution is 6.59. The molecule has 0 spiro atoms. The van der Waals surface area contributed by atoms with Gasteiger partial charge < -0.3 is 23.5 Å². The van der Waals surface area contributed by atoms with E-state index in [1.807, 2.05) is 6.07 Å². The smallest absolute Gasteiger partial charge is 0.497 e. The molecule has 0 heterocycles. The van der Waals surface area contributed by atoms with Gasteiger partial charge in [-0.3, -0.25) is 4.79 Å². The van der Waals surface area contributed by atoms with Gasteiger partial charge in [-0.05, 0) is 18.6 Å². The largest absolute Gasteiger partial charge is 0.507 e. The van der Waals surface area contributed by atoms with Crippen LogP contribution in [0.15, 0.2) is 48.5 Å². The van der Waals surface area contributed by atoms with E-state index < -0.39 is 8.80 Å². The van der Waals surface area contributed by atoms with Crippen molar-refractivity contribution in [2.75, 3.05) is 20.8 Å². The number of aromatic hydroxyl groups is 1. The fourth-order valence-corrected chi connectivity index (χ4v) is 3.48. The first kappa shape index (κ1) is 19.1. The molecule has 0 aliphatic carbocycles. The van der Waals surface area contributed by atoms with Crippen LogP contribution in [0.5, 0.6) is 11.5 Å². The zero-order chi connectivity index (χ0) is 18.3. The fraction of sp³-hybridized carbons (Fsp3) is 0.278. The van der Waals surface area contributed by atoms with Crippen LogP contribution >= 0.6 is 0 Å². The molecule has 0 amide bonds. The molecule has 134 valence electrons. The van der Waals surface area contributed by atoms with E-state index in [1.54, 1.807) is 30.3 Å². The molecule has 0 atom stereocenters. The summed E-state index contributed by atoms with van der Waals surface area (Å²) in [6.07, 6.45) is 0.538. The van der Waals surface area contributed by atoms with Crippen LogP contribution in [0.3, 0.4) is 0 Å². The first-order chi connectivity index (χ1) is 12.0. The van der Waals surface area contributed by atoms with Crippen molar-refractivity contribution in [3.8, 4) is 11.5 Å².